The summed E-state index contributed by atoms with van der Waals surface area (Å²) in [5.41, 5.74) is 0. The second kappa shape index (κ2) is 41.1. The molecule has 56 heavy (non-hydrogen) atoms. The minimum atomic E-state index is -4.62. The third-order valence-electron chi connectivity index (χ3n) is 9.25. The Labute approximate surface area is 341 Å². The molecule has 0 bridgehead atoms. The Morgan fingerprint density at radius 1 is 0.554 bits per heavy atom. The maximum Gasteiger partial charge on any atom is 0.472 e. The smallest absolute Gasteiger partial charge is 0.462 e. The van der Waals surface area contributed by atoms with E-state index < -0.39 is 51.8 Å². The fourth-order valence-corrected chi connectivity index (χ4v) is 6.66. The molecule has 0 aromatic carbocycles. The third-order valence-corrected chi connectivity index (χ3v) is 10.2. The molecule has 0 saturated carbocycles. The first-order chi connectivity index (χ1) is 27.2. The van der Waals surface area contributed by atoms with Gasteiger partial charge in [-0.05, 0) is 51.4 Å². The van der Waals surface area contributed by atoms with Gasteiger partial charge in [-0.1, -0.05) is 172 Å². The Morgan fingerprint density at radius 3 is 1.48 bits per heavy atom. The lowest BCUT2D eigenvalue weighted by atomic mass is 10.0. The zero-order valence-corrected chi connectivity index (χ0v) is 36.2. The molecule has 0 spiro atoms. The van der Waals surface area contributed by atoms with Crippen molar-refractivity contribution in [3.05, 3.63) is 48.6 Å². The van der Waals surface area contributed by atoms with E-state index in [1.165, 1.54) is 77.0 Å². The molecule has 3 unspecified atom stereocenters. The fourth-order valence-electron chi connectivity index (χ4n) is 5.87. The first-order valence-corrected chi connectivity index (χ1v) is 23.6. The SMILES string of the molecule is CC/C=C\C/C=C\C/C=C\C/C=C\CCCCCCCCCCC(=O)OC(COC(=O)CCCCCCCCCCCCCC)COP(=O)(O)OCC(O)CO. The number of aliphatic hydroxyl groups excluding tert-OH is 2. The number of rotatable bonds is 41. The number of hydrogen-bond donors (Lipinski definition) is 3. The number of ether oxygens (including phenoxy) is 2. The highest BCUT2D eigenvalue weighted by molar-refractivity contribution is 7.47. The molecule has 3 atom stereocenters. The highest BCUT2D eigenvalue weighted by Gasteiger charge is 2.27. The summed E-state index contributed by atoms with van der Waals surface area (Å²) in [5, 5.41) is 18.3. The first-order valence-electron chi connectivity index (χ1n) is 22.1. The van der Waals surface area contributed by atoms with Crippen molar-refractivity contribution in [3.8, 4) is 0 Å². The van der Waals surface area contributed by atoms with Crippen LogP contribution in [-0.4, -0.2) is 65.7 Å². The lowest BCUT2D eigenvalue weighted by molar-refractivity contribution is -0.161. The van der Waals surface area contributed by atoms with E-state index in [2.05, 4.69) is 67.0 Å². The predicted octanol–water partition coefficient (Wildman–Crippen LogP) is 11.7. The highest BCUT2D eigenvalue weighted by Crippen LogP contribution is 2.43. The van der Waals surface area contributed by atoms with E-state index in [0.717, 1.165) is 70.6 Å². The average molecular weight is 813 g/mol. The topological polar surface area (TPSA) is 149 Å². The molecule has 0 rings (SSSR count). The molecule has 0 fully saturated rings. The zero-order valence-electron chi connectivity index (χ0n) is 35.3. The molecule has 11 heteroatoms. The van der Waals surface area contributed by atoms with Gasteiger partial charge in [-0.2, -0.15) is 0 Å². The molecule has 0 aliphatic rings. The van der Waals surface area contributed by atoms with Crippen LogP contribution < -0.4 is 0 Å². The Kier molecular flexibility index (Phi) is 39.6. The molecule has 326 valence electrons. The Morgan fingerprint density at radius 2 is 0.982 bits per heavy atom. The van der Waals surface area contributed by atoms with E-state index in [4.69, 9.17) is 19.1 Å². The number of phosphoric ester groups is 1. The van der Waals surface area contributed by atoms with Crippen molar-refractivity contribution < 1.29 is 47.8 Å². The van der Waals surface area contributed by atoms with Crippen molar-refractivity contribution in [3.63, 3.8) is 0 Å². The third kappa shape index (κ3) is 40.1. The molecular weight excluding hydrogens is 731 g/mol. The molecule has 3 N–H and O–H groups in total. The molecule has 0 aromatic heterocycles. The molecule has 0 aliphatic carbocycles. The Hall–Kier alpha value is -2.07. The van der Waals surface area contributed by atoms with Crippen LogP contribution >= 0.6 is 7.82 Å². The standard InChI is InChI=1S/C45H81O10P/c1-3-5-7-9-11-13-15-17-18-19-20-21-22-23-24-25-27-29-31-33-35-37-45(49)55-43(41-54-56(50,51)53-39-42(47)38-46)40-52-44(48)36-34-32-30-28-26-16-14-12-10-8-6-4-2/h5,7,11,13,17-18,20-21,42-43,46-47H,3-4,6,8-10,12,14-16,19,22-41H2,1-2H3,(H,50,51)/b7-5-,13-11-,18-17-,21-20-. The predicted molar refractivity (Wildman–Crippen MR) is 228 cm³/mol. The van der Waals surface area contributed by atoms with E-state index in [1.54, 1.807) is 0 Å². The van der Waals surface area contributed by atoms with Gasteiger partial charge in [0, 0.05) is 12.8 Å². The van der Waals surface area contributed by atoms with Gasteiger partial charge in [0.05, 0.1) is 19.8 Å². The molecule has 0 amide bonds. The van der Waals surface area contributed by atoms with Crippen molar-refractivity contribution in [1.82, 2.24) is 0 Å². The van der Waals surface area contributed by atoms with E-state index >= 15 is 0 Å². The molecule has 0 radical (unpaired) electrons. The van der Waals surface area contributed by atoms with Crippen LogP contribution in [0.4, 0.5) is 0 Å². The summed E-state index contributed by atoms with van der Waals surface area (Å²) in [6.45, 7) is 2.26. The van der Waals surface area contributed by atoms with Crippen LogP contribution in [0, 0.1) is 0 Å². The van der Waals surface area contributed by atoms with Crippen molar-refractivity contribution in [1.29, 1.82) is 0 Å². The number of carbonyl (C=O) groups excluding carboxylic acids is 2. The second-order valence-electron chi connectivity index (χ2n) is 14.7. The minimum Gasteiger partial charge on any atom is -0.462 e. The average Bonchev–Trinajstić information content (AvgIpc) is 3.19. The van der Waals surface area contributed by atoms with Crippen LogP contribution in [0.15, 0.2) is 48.6 Å². The van der Waals surface area contributed by atoms with E-state index in [1.807, 2.05) is 0 Å². The number of esters is 2. The van der Waals surface area contributed by atoms with Crippen LogP contribution in [0.25, 0.3) is 0 Å². The van der Waals surface area contributed by atoms with Crippen molar-refractivity contribution in [2.75, 3.05) is 26.4 Å². The largest absolute Gasteiger partial charge is 0.472 e. The summed E-state index contributed by atoms with van der Waals surface area (Å²) in [7, 11) is -4.62. The van der Waals surface area contributed by atoms with Crippen LogP contribution in [-0.2, 0) is 32.7 Å². The van der Waals surface area contributed by atoms with Crippen LogP contribution in [0.3, 0.4) is 0 Å². The normalized spacial score (nSPS) is 14.3. The number of carbonyl (C=O) groups is 2. The summed E-state index contributed by atoms with van der Waals surface area (Å²) in [6, 6.07) is 0. The summed E-state index contributed by atoms with van der Waals surface area (Å²) in [5.74, 6) is -0.932. The minimum absolute atomic E-state index is 0.175. The van der Waals surface area contributed by atoms with Gasteiger partial charge in [0.25, 0.3) is 0 Å². The van der Waals surface area contributed by atoms with Gasteiger partial charge in [0.2, 0.25) is 0 Å². The fraction of sp³-hybridized carbons (Fsp3) is 0.778. The summed E-state index contributed by atoms with van der Waals surface area (Å²) < 4.78 is 32.7. The highest BCUT2D eigenvalue weighted by atomic mass is 31.2. The van der Waals surface area contributed by atoms with E-state index in [-0.39, 0.29) is 19.4 Å². The molecule has 10 nitrogen and oxygen atoms in total. The lowest BCUT2D eigenvalue weighted by Gasteiger charge is -2.20. The Balaban J connectivity index is 4.26. The van der Waals surface area contributed by atoms with E-state index in [0.29, 0.717) is 12.8 Å². The van der Waals surface area contributed by atoms with Gasteiger partial charge in [-0.15, -0.1) is 0 Å². The summed E-state index contributed by atoms with van der Waals surface area (Å²) in [6.07, 6.45) is 43.6. The maximum absolute atomic E-state index is 12.6. The summed E-state index contributed by atoms with van der Waals surface area (Å²) in [4.78, 5) is 35.0. The molecule has 0 heterocycles. The van der Waals surface area contributed by atoms with Crippen molar-refractivity contribution >= 4 is 19.8 Å². The summed E-state index contributed by atoms with van der Waals surface area (Å²) >= 11 is 0. The Bertz CT molecular complexity index is 1070. The van der Waals surface area contributed by atoms with Crippen LogP contribution in [0.2, 0.25) is 0 Å². The molecule has 0 saturated heterocycles. The van der Waals surface area contributed by atoms with Gasteiger partial charge in [-0.3, -0.25) is 18.6 Å². The van der Waals surface area contributed by atoms with E-state index in [9.17, 15) is 24.2 Å². The first kappa shape index (κ1) is 53.9. The van der Waals surface area contributed by atoms with Gasteiger partial charge in [0.1, 0.15) is 12.7 Å². The van der Waals surface area contributed by atoms with Crippen LogP contribution in [0.1, 0.15) is 187 Å². The zero-order chi connectivity index (χ0) is 41.2. The van der Waals surface area contributed by atoms with Gasteiger partial charge in [0.15, 0.2) is 6.10 Å². The van der Waals surface area contributed by atoms with Crippen LogP contribution in [0.5, 0.6) is 0 Å². The number of hydrogen-bond acceptors (Lipinski definition) is 9. The number of allylic oxidation sites excluding steroid dienone is 8. The van der Waals surface area contributed by atoms with Crippen molar-refractivity contribution in [2.45, 2.75) is 199 Å². The van der Waals surface area contributed by atoms with Gasteiger partial charge in [-0.25, -0.2) is 4.57 Å². The van der Waals surface area contributed by atoms with Crippen molar-refractivity contribution in [2.24, 2.45) is 0 Å². The van der Waals surface area contributed by atoms with Gasteiger partial charge >= 0.3 is 19.8 Å². The monoisotopic (exact) mass is 813 g/mol. The number of aliphatic hydroxyl groups is 2. The molecule has 0 aromatic rings. The maximum atomic E-state index is 12.6. The van der Waals surface area contributed by atoms with Gasteiger partial charge < -0.3 is 24.6 Å². The number of unbranched alkanes of at least 4 members (excludes halogenated alkanes) is 19. The quantitative estimate of drug-likeness (QED) is 0.0236. The molecule has 0 aliphatic heterocycles. The lowest BCUT2D eigenvalue weighted by Crippen LogP contribution is -2.29. The number of phosphoric acid groups is 1. The molecular formula is C45H81O10P. The second-order valence-corrected chi connectivity index (χ2v) is 16.2.